The van der Waals surface area contributed by atoms with Crippen LogP contribution in [0.4, 0.5) is 40.9 Å². The maximum atomic E-state index is 13.5. The van der Waals surface area contributed by atoms with Crippen LogP contribution < -0.4 is 5.73 Å². The second kappa shape index (κ2) is 4.65. The predicted molar refractivity (Wildman–Crippen MR) is 58.9 cm³/mol. The fourth-order valence-electron chi connectivity index (χ4n) is 1.68. The Morgan fingerprint density at radius 3 is 1.95 bits per heavy atom. The van der Waals surface area contributed by atoms with E-state index in [1.165, 1.54) is 0 Å². The zero-order valence-corrected chi connectivity index (χ0v) is 10.2. The first kappa shape index (κ1) is 16.2. The third kappa shape index (κ3) is 2.62. The Bertz CT molecular complexity index is 720. The molecule has 120 valence electrons. The lowest BCUT2D eigenvalue weighted by Crippen LogP contribution is -2.34. The maximum Gasteiger partial charge on any atom is 0.458 e. The zero-order chi connectivity index (χ0) is 16.9. The Kier molecular flexibility index (Phi) is 3.42. The molecular weight excluding hydrogens is 326 g/mol. The fraction of sp³-hybridized carbons (Fsp3) is 0.273. The Hall–Kier alpha value is -2.20. The van der Waals surface area contributed by atoms with E-state index in [1.54, 1.807) is 0 Å². The van der Waals surface area contributed by atoms with Gasteiger partial charge in [0.25, 0.3) is 0 Å². The number of hydrogen-bond acceptors (Lipinski definition) is 3. The molecule has 0 amide bonds. The van der Waals surface area contributed by atoms with E-state index in [9.17, 15) is 35.1 Å². The van der Waals surface area contributed by atoms with Gasteiger partial charge in [0, 0.05) is 10.9 Å². The standard InChI is InChI=1S/C11H5F8N3/c12-9(13,11(17,18)19)5-3-6(10(14,15)16)21-8-4(5)1-2-7(20)22-8/h1-3H,(H2,20,21,22). The number of pyridine rings is 2. The first-order chi connectivity index (χ1) is 9.84. The van der Waals surface area contributed by atoms with Gasteiger partial charge in [0.1, 0.15) is 11.5 Å². The van der Waals surface area contributed by atoms with Gasteiger partial charge in [0.15, 0.2) is 5.65 Å². The predicted octanol–water partition coefficient (Wildman–Crippen LogP) is 3.88. The topological polar surface area (TPSA) is 51.8 Å². The summed E-state index contributed by atoms with van der Waals surface area (Å²) in [4.78, 5) is 6.22. The lowest BCUT2D eigenvalue weighted by molar-refractivity contribution is -0.288. The molecule has 0 saturated heterocycles. The Balaban J connectivity index is 2.87. The van der Waals surface area contributed by atoms with Crippen molar-refractivity contribution in [1.82, 2.24) is 9.97 Å². The van der Waals surface area contributed by atoms with Crippen molar-refractivity contribution < 1.29 is 35.1 Å². The molecule has 0 spiro atoms. The summed E-state index contributed by atoms with van der Waals surface area (Å²) in [5.41, 5.74) is 0.432. The van der Waals surface area contributed by atoms with Crippen molar-refractivity contribution in [3.8, 4) is 0 Å². The monoisotopic (exact) mass is 331 g/mol. The number of anilines is 1. The molecule has 22 heavy (non-hydrogen) atoms. The van der Waals surface area contributed by atoms with Crippen LogP contribution in [-0.4, -0.2) is 16.1 Å². The quantitative estimate of drug-likeness (QED) is 0.807. The molecule has 3 nitrogen and oxygen atoms in total. The third-order valence-corrected chi connectivity index (χ3v) is 2.68. The molecule has 2 N–H and O–H groups in total. The number of hydrogen-bond donors (Lipinski definition) is 1. The summed E-state index contributed by atoms with van der Waals surface area (Å²) in [5, 5.41) is -0.871. The molecule has 0 aliphatic heterocycles. The van der Waals surface area contributed by atoms with Gasteiger partial charge in [-0.2, -0.15) is 35.1 Å². The van der Waals surface area contributed by atoms with E-state index in [0.717, 1.165) is 6.07 Å². The Labute approximate surface area is 116 Å². The SMILES string of the molecule is Nc1ccc2c(C(F)(F)C(F)(F)F)cc(C(F)(F)F)nc2n1. The van der Waals surface area contributed by atoms with E-state index in [2.05, 4.69) is 9.97 Å². The normalized spacial score (nSPS) is 13.6. The van der Waals surface area contributed by atoms with Crippen molar-refractivity contribution in [2.24, 2.45) is 0 Å². The molecule has 0 aliphatic rings. The molecule has 0 saturated carbocycles. The highest BCUT2D eigenvalue weighted by atomic mass is 19.4. The summed E-state index contributed by atoms with van der Waals surface area (Å²) < 4.78 is 102. The smallest absolute Gasteiger partial charge is 0.384 e. The number of fused-ring (bicyclic) bond motifs is 1. The number of nitrogens with two attached hydrogens (primary N) is 1. The number of aromatic nitrogens is 2. The number of nitrogen functional groups attached to an aromatic ring is 1. The van der Waals surface area contributed by atoms with Gasteiger partial charge < -0.3 is 5.73 Å². The molecule has 0 aromatic carbocycles. The molecule has 0 bridgehead atoms. The summed E-state index contributed by atoms with van der Waals surface area (Å²) in [6.07, 6.45) is -11.3. The van der Waals surface area contributed by atoms with Crippen LogP contribution in [0.5, 0.6) is 0 Å². The molecular formula is C11H5F8N3. The van der Waals surface area contributed by atoms with Gasteiger partial charge in [0.05, 0.1) is 0 Å². The first-order valence-electron chi connectivity index (χ1n) is 5.43. The van der Waals surface area contributed by atoms with E-state index in [1.807, 2.05) is 0 Å². The van der Waals surface area contributed by atoms with Crippen LogP contribution in [-0.2, 0) is 12.1 Å². The number of alkyl halides is 8. The van der Waals surface area contributed by atoms with Gasteiger partial charge >= 0.3 is 18.3 Å². The van der Waals surface area contributed by atoms with Crippen LogP contribution in [0.3, 0.4) is 0 Å². The number of nitrogens with zero attached hydrogens (tertiary/aromatic N) is 2. The molecule has 2 rings (SSSR count). The van der Waals surface area contributed by atoms with Gasteiger partial charge in [-0.3, -0.25) is 0 Å². The van der Waals surface area contributed by atoms with Crippen molar-refractivity contribution in [3.63, 3.8) is 0 Å². The summed E-state index contributed by atoms with van der Waals surface area (Å²) in [6.45, 7) is 0. The second-order valence-corrected chi connectivity index (χ2v) is 4.23. The van der Waals surface area contributed by atoms with Crippen LogP contribution in [0.2, 0.25) is 0 Å². The van der Waals surface area contributed by atoms with Gasteiger partial charge in [-0.25, -0.2) is 9.97 Å². The van der Waals surface area contributed by atoms with Gasteiger partial charge in [0.2, 0.25) is 0 Å². The van der Waals surface area contributed by atoms with Crippen molar-refractivity contribution >= 4 is 16.9 Å². The van der Waals surface area contributed by atoms with Crippen LogP contribution >= 0.6 is 0 Å². The van der Waals surface area contributed by atoms with Crippen molar-refractivity contribution in [3.05, 3.63) is 29.5 Å². The number of rotatable bonds is 1. The minimum Gasteiger partial charge on any atom is -0.384 e. The Morgan fingerprint density at radius 2 is 1.45 bits per heavy atom. The van der Waals surface area contributed by atoms with E-state index in [4.69, 9.17) is 5.73 Å². The van der Waals surface area contributed by atoms with Crippen molar-refractivity contribution in [1.29, 1.82) is 0 Å². The lowest BCUT2D eigenvalue weighted by Gasteiger charge is -2.22. The second-order valence-electron chi connectivity index (χ2n) is 4.23. The third-order valence-electron chi connectivity index (χ3n) is 2.68. The van der Waals surface area contributed by atoms with E-state index >= 15 is 0 Å². The van der Waals surface area contributed by atoms with Crippen molar-refractivity contribution in [2.45, 2.75) is 18.3 Å². The minimum atomic E-state index is -6.08. The molecule has 0 radical (unpaired) electrons. The molecule has 2 aromatic rings. The average molecular weight is 331 g/mol. The van der Waals surface area contributed by atoms with Crippen LogP contribution in [0.15, 0.2) is 18.2 Å². The van der Waals surface area contributed by atoms with Crippen molar-refractivity contribution in [2.75, 3.05) is 5.73 Å². The lowest BCUT2D eigenvalue weighted by atomic mass is 10.0. The van der Waals surface area contributed by atoms with Crippen LogP contribution in [0.1, 0.15) is 11.3 Å². The van der Waals surface area contributed by atoms with Gasteiger partial charge in [-0.15, -0.1) is 0 Å². The first-order valence-corrected chi connectivity index (χ1v) is 5.43. The fourth-order valence-corrected chi connectivity index (χ4v) is 1.68. The summed E-state index contributed by atoms with van der Waals surface area (Å²) in [7, 11) is 0. The maximum absolute atomic E-state index is 13.5. The summed E-state index contributed by atoms with van der Waals surface area (Å²) >= 11 is 0. The highest BCUT2D eigenvalue weighted by molar-refractivity contribution is 5.81. The molecule has 0 fully saturated rings. The summed E-state index contributed by atoms with van der Waals surface area (Å²) in [5.74, 6) is -5.88. The van der Waals surface area contributed by atoms with Gasteiger partial charge in [-0.1, -0.05) is 0 Å². The van der Waals surface area contributed by atoms with Crippen LogP contribution in [0, 0.1) is 0 Å². The molecule has 0 atom stereocenters. The van der Waals surface area contributed by atoms with E-state index < -0.39 is 40.6 Å². The molecule has 0 unspecified atom stereocenters. The van der Waals surface area contributed by atoms with E-state index in [-0.39, 0.29) is 11.9 Å². The average Bonchev–Trinajstić information content (AvgIpc) is 2.34. The molecule has 11 heteroatoms. The van der Waals surface area contributed by atoms with Crippen LogP contribution in [0.25, 0.3) is 11.0 Å². The largest absolute Gasteiger partial charge is 0.458 e. The Morgan fingerprint density at radius 1 is 0.864 bits per heavy atom. The minimum absolute atomic E-state index is 0.340. The number of halogens is 8. The highest BCUT2D eigenvalue weighted by Crippen LogP contribution is 2.47. The van der Waals surface area contributed by atoms with Gasteiger partial charge in [-0.05, 0) is 18.2 Å². The zero-order valence-electron chi connectivity index (χ0n) is 10.2. The van der Waals surface area contributed by atoms with E-state index in [0.29, 0.717) is 6.07 Å². The molecule has 2 aromatic heterocycles. The summed E-state index contributed by atoms with van der Waals surface area (Å²) in [6, 6.07) is 1.25. The molecule has 2 heterocycles. The molecule has 0 aliphatic carbocycles. The highest BCUT2D eigenvalue weighted by Gasteiger charge is 2.60.